The molecule has 0 radical (unpaired) electrons. The molecule has 7 rings (SSSR count). The van der Waals surface area contributed by atoms with E-state index in [0.717, 1.165) is 81.7 Å². The SMILES string of the molecule is CCCc1ccc(CCC)c2c1NC(c1ccc(-c3ccc(-c4nc5ccccc5nc4-c4ccccc4)cc3)cc1)O2. The van der Waals surface area contributed by atoms with E-state index in [9.17, 15) is 0 Å². The topological polar surface area (TPSA) is 47.0 Å². The molecular formula is C39H35N3O. The first-order valence-electron chi connectivity index (χ1n) is 15.3. The van der Waals surface area contributed by atoms with Gasteiger partial charge in [-0.3, -0.25) is 0 Å². The number of aromatic nitrogens is 2. The maximum Gasteiger partial charge on any atom is 0.196 e. The minimum absolute atomic E-state index is 0.178. The molecule has 0 saturated heterocycles. The van der Waals surface area contributed by atoms with Gasteiger partial charge in [0.15, 0.2) is 6.23 Å². The van der Waals surface area contributed by atoms with Crippen LogP contribution in [0.5, 0.6) is 5.75 Å². The summed E-state index contributed by atoms with van der Waals surface area (Å²) < 4.78 is 6.53. The molecule has 0 bridgehead atoms. The summed E-state index contributed by atoms with van der Waals surface area (Å²) >= 11 is 0. The van der Waals surface area contributed by atoms with Gasteiger partial charge in [0.2, 0.25) is 0 Å². The number of para-hydroxylation sites is 2. The summed E-state index contributed by atoms with van der Waals surface area (Å²) in [5.74, 6) is 1.03. The van der Waals surface area contributed by atoms with Crippen LogP contribution in [-0.4, -0.2) is 9.97 Å². The zero-order valence-electron chi connectivity index (χ0n) is 24.7. The fourth-order valence-electron chi connectivity index (χ4n) is 6.00. The number of aryl methyl sites for hydroxylation is 2. The number of rotatable bonds is 8. The highest BCUT2D eigenvalue weighted by atomic mass is 16.5. The van der Waals surface area contributed by atoms with Crippen LogP contribution in [0.4, 0.5) is 5.69 Å². The molecule has 1 unspecified atom stereocenters. The van der Waals surface area contributed by atoms with Crippen molar-refractivity contribution in [3.63, 3.8) is 0 Å². The molecular weight excluding hydrogens is 526 g/mol. The number of nitrogens with zero attached hydrogens (tertiary/aromatic N) is 2. The zero-order chi connectivity index (χ0) is 29.2. The molecule has 1 aliphatic rings. The number of benzene rings is 5. The van der Waals surface area contributed by atoms with Crippen LogP contribution in [0.3, 0.4) is 0 Å². The van der Waals surface area contributed by atoms with E-state index in [1.165, 1.54) is 16.8 Å². The highest BCUT2D eigenvalue weighted by molar-refractivity contribution is 5.86. The third-order valence-electron chi connectivity index (χ3n) is 8.20. The van der Waals surface area contributed by atoms with Gasteiger partial charge in [-0.1, -0.05) is 130 Å². The Morgan fingerprint density at radius 3 is 1.70 bits per heavy atom. The third kappa shape index (κ3) is 5.25. The molecule has 6 aromatic rings. The van der Waals surface area contributed by atoms with Crippen LogP contribution >= 0.6 is 0 Å². The van der Waals surface area contributed by atoms with Crippen molar-refractivity contribution in [1.82, 2.24) is 9.97 Å². The Morgan fingerprint density at radius 1 is 0.558 bits per heavy atom. The molecule has 4 heteroatoms. The largest absolute Gasteiger partial charge is 0.464 e. The molecule has 212 valence electrons. The highest BCUT2D eigenvalue weighted by Crippen LogP contribution is 2.44. The second kappa shape index (κ2) is 11.7. The summed E-state index contributed by atoms with van der Waals surface area (Å²) in [6.07, 6.45) is 4.10. The molecule has 2 heterocycles. The van der Waals surface area contributed by atoms with Crippen molar-refractivity contribution in [3.05, 3.63) is 132 Å². The number of anilines is 1. The van der Waals surface area contributed by atoms with Gasteiger partial charge in [0.25, 0.3) is 0 Å². The van der Waals surface area contributed by atoms with Crippen molar-refractivity contribution in [2.75, 3.05) is 5.32 Å². The van der Waals surface area contributed by atoms with E-state index < -0.39 is 0 Å². The first kappa shape index (κ1) is 26.9. The zero-order valence-corrected chi connectivity index (χ0v) is 24.7. The Labute approximate surface area is 253 Å². The fraction of sp³-hybridized carbons (Fsp3) is 0.179. The molecule has 5 aromatic carbocycles. The maximum atomic E-state index is 6.53. The van der Waals surface area contributed by atoms with E-state index in [1.807, 2.05) is 42.5 Å². The molecule has 0 fully saturated rings. The van der Waals surface area contributed by atoms with E-state index in [4.69, 9.17) is 14.7 Å². The molecule has 0 spiro atoms. The van der Waals surface area contributed by atoms with Gasteiger partial charge in [0, 0.05) is 16.7 Å². The van der Waals surface area contributed by atoms with Crippen LogP contribution in [-0.2, 0) is 12.8 Å². The van der Waals surface area contributed by atoms with Crippen molar-refractivity contribution in [2.24, 2.45) is 0 Å². The third-order valence-corrected chi connectivity index (χ3v) is 8.20. The van der Waals surface area contributed by atoms with Crippen LogP contribution in [0.1, 0.15) is 49.6 Å². The Bertz CT molecular complexity index is 1840. The van der Waals surface area contributed by atoms with Crippen molar-refractivity contribution in [1.29, 1.82) is 0 Å². The highest BCUT2D eigenvalue weighted by Gasteiger charge is 2.28. The summed E-state index contributed by atoms with van der Waals surface area (Å²) in [6, 6.07) is 40.2. The number of fused-ring (bicyclic) bond motifs is 2. The molecule has 1 atom stereocenters. The molecule has 0 amide bonds. The van der Waals surface area contributed by atoms with E-state index in [-0.39, 0.29) is 6.23 Å². The van der Waals surface area contributed by atoms with Gasteiger partial charge in [-0.15, -0.1) is 0 Å². The van der Waals surface area contributed by atoms with Gasteiger partial charge >= 0.3 is 0 Å². The summed E-state index contributed by atoms with van der Waals surface area (Å²) in [4.78, 5) is 10.1. The Balaban J connectivity index is 1.16. The predicted octanol–water partition coefficient (Wildman–Crippen LogP) is 10.0. The van der Waals surface area contributed by atoms with Crippen LogP contribution < -0.4 is 10.1 Å². The van der Waals surface area contributed by atoms with Crippen LogP contribution in [0, 0.1) is 0 Å². The van der Waals surface area contributed by atoms with Crippen molar-refractivity contribution < 1.29 is 4.74 Å². The number of nitrogens with one attached hydrogen (secondary N) is 1. The molecule has 4 nitrogen and oxygen atoms in total. The predicted molar refractivity (Wildman–Crippen MR) is 177 cm³/mol. The summed E-state index contributed by atoms with van der Waals surface area (Å²) in [7, 11) is 0. The van der Waals surface area contributed by atoms with E-state index in [1.54, 1.807) is 0 Å². The standard InChI is InChI=1S/C39H35N3O/c1-3-10-28-22-23-31(11-4-2)38-37(28)42-39(43-38)32-24-18-27(19-25-32)26-16-20-30(21-17-26)36-35(29-12-6-5-7-13-29)40-33-14-8-9-15-34(33)41-36/h5-9,12-25,39,42H,3-4,10-11H2,1-2H3. The lowest BCUT2D eigenvalue weighted by molar-refractivity contribution is 0.257. The van der Waals surface area contributed by atoms with Gasteiger partial charge in [-0.05, 0) is 47.2 Å². The minimum Gasteiger partial charge on any atom is -0.464 e. The number of ether oxygens (including phenoxy) is 1. The van der Waals surface area contributed by atoms with Crippen LogP contribution in [0.15, 0.2) is 115 Å². The maximum absolute atomic E-state index is 6.53. The number of hydrogen-bond acceptors (Lipinski definition) is 4. The van der Waals surface area contributed by atoms with E-state index in [2.05, 4.69) is 92.0 Å². The molecule has 1 N–H and O–H groups in total. The molecule has 1 aromatic heterocycles. The lowest BCUT2D eigenvalue weighted by Gasteiger charge is -2.14. The van der Waals surface area contributed by atoms with Crippen LogP contribution in [0.25, 0.3) is 44.7 Å². The summed E-state index contributed by atoms with van der Waals surface area (Å²) in [5.41, 5.74) is 12.9. The average molecular weight is 562 g/mol. The lowest BCUT2D eigenvalue weighted by atomic mass is 9.99. The molecule has 1 aliphatic heterocycles. The Kier molecular flexibility index (Phi) is 7.34. The smallest absolute Gasteiger partial charge is 0.196 e. The van der Waals surface area contributed by atoms with Gasteiger partial charge in [-0.25, -0.2) is 9.97 Å². The molecule has 0 aliphatic carbocycles. The monoisotopic (exact) mass is 561 g/mol. The lowest BCUT2D eigenvalue weighted by Crippen LogP contribution is -2.10. The number of hydrogen-bond donors (Lipinski definition) is 1. The molecule has 0 saturated carbocycles. The van der Waals surface area contributed by atoms with Gasteiger partial charge in [-0.2, -0.15) is 0 Å². The van der Waals surface area contributed by atoms with Crippen LogP contribution in [0.2, 0.25) is 0 Å². The van der Waals surface area contributed by atoms with Gasteiger partial charge < -0.3 is 10.1 Å². The van der Waals surface area contributed by atoms with Gasteiger partial charge in [0.1, 0.15) is 5.75 Å². The Hall–Kier alpha value is -4.96. The van der Waals surface area contributed by atoms with E-state index >= 15 is 0 Å². The quantitative estimate of drug-likeness (QED) is 0.201. The first-order valence-corrected chi connectivity index (χ1v) is 15.3. The van der Waals surface area contributed by atoms with Crippen molar-refractivity contribution in [2.45, 2.75) is 45.8 Å². The van der Waals surface area contributed by atoms with Gasteiger partial charge in [0.05, 0.1) is 28.1 Å². The first-order chi connectivity index (χ1) is 21.2. The summed E-state index contributed by atoms with van der Waals surface area (Å²) in [5, 5.41) is 3.68. The second-order valence-electron chi connectivity index (χ2n) is 11.2. The average Bonchev–Trinajstić information content (AvgIpc) is 3.52. The van der Waals surface area contributed by atoms with Crippen molar-refractivity contribution >= 4 is 16.7 Å². The fourth-order valence-corrected chi connectivity index (χ4v) is 6.00. The Morgan fingerprint density at radius 2 is 1.07 bits per heavy atom. The summed E-state index contributed by atoms with van der Waals surface area (Å²) in [6.45, 7) is 4.44. The van der Waals surface area contributed by atoms with Crippen molar-refractivity contribution in [3.8, 4) is 39.4 Å². The molecule has 43 heavy (non-hydrogen) atoms. The second-order valence-corrected chi connectivity index (χ2v) is 11.2. The van der Waals surface area contributed by atoms with E-state index in [0.29, 0.717) is 0 Å². The minimum atomic E-state index is -0.178. The normalized spacial score (nSPS) is 13.9.